The molecule has 1 aliphatic heterocycles. The highest BCUT2D eigenvalue weighted by atomic mass is 16.3. The van der Waals surface area contributed by atoms with Crippen LogP contribution in [0.25, 0.3) is 10.8 Å². The van der Waals surface area contributed by atoms with Crippen LogP contribution in [0, 0.1) is 0 Å². The van der Waals surface area contributed by atoms with E-state index in [0.717, 1.165) is 39.1 Å². The second-order valence-electron chi connectivity index (χ2n) is 5.40. The van der Waals surface area contributed by atoms with E-state index in [4.69, 9.17) is 5.11 Å². The zero-order chi connectivity index (χ0) is 13.8. The number of aliphatic hydroxyl groups excluding tert-OH is 1. The summed E-state index contributed by atoms with van der Waals surface area (Å²) in [5.74, 6) is 0. The van der Waals surface area contributed by atoms with Gasteiger partial charge in [-0.1, -0.05) is 36.4 Å². The molecule has 20 heavy (non-hydrogen) atoms. The molecule has 0 bridgehead atoms. The van der Waals surface area contributed by atoms with Crippen molar-refractivity contribution < 1.29 is 5.11 Å². The van der Waals surface area contributed by atoms with Gasteiger partial charge in [-0.05, 0) is 17.9 Å². The van der Waals surface area contributed by atoms with E-state index in [1.807, 2.05) is 0 Å². The number of rotatable bonds is 4. The molecule has 3 nitrogen and oxygen atoms in total. The van der Waals surface area contributed by atoms with Crippen LogP contribution < -0.4 is 4.90 Å². The fourth-order valence-corrected chi connectivity index (χ4v) is 2.99. The molecule has 0 atom stereocenters. The summed E-state index contributed by atoms with van der Waals surface area (Å²) in [4.78, 5) is 4.93. The number of fused-ring (bicyclic) bond motifs is 1. The number of hydrogen-bond donors (Lipinski definition) is 1. The smallest absolute Gasteiger partial charge is 0.0446 e. The van der Waals surface area contributed by atoms with E-state index in [-0.39, 0.29) is 0 Å². The zero-order valence-electron chi connectivity index (χ0n) is 11.8. The van der Waals surface area contributed by atoms with Gasteiger partial charge in [0.15, 0.2) is 0 Å². The summed E-state index contributed by atoms with van der Waals surface area (Å²) < 4.78 is 0. The Morgan fingerprint density at radius 1 is 0.900 bits per heavy atom. The molecule has 3 rings (SSSR count). The van der Waals surface area contributed by atoms with E-state index in [2.05, 4.69) is 52.3 Å². The minimum absolute atomic E-state index is 0.295. The fraction of sp³-hybridized carbons (Fsp3) is 0.412. The maximum absolute atomic E-state index is 8.91. The Balaban J connectivity index is 1.74. The second kappa shape index (κ2) is 6.25. The first-order chi connectivity index (χ1) is 9.88. The summed E-state index contributed by atoms with van der Waals surface area (Å²) in [7, 11) is 0. The first-order valence-corrected chi connectivity index (χ1v) is 7.44. The van der Waals surface area contributed by atoms with E-state index in [1.165, 1.54) is 16.5 Å². The SMILES string of the molecule is OCCCN1CCN(c2cccc3ccccc23)CC1. The lowest BCUT2D eigenvalue weighted by Gasteiger charge is -2.36. The average Bonchev–Trinajstić information content (AvgIpc) is 2.53. The highest BCUT2D eigenvalue weighted by Gasteiger charge is 2.17. The van der Waals surface area contributed by atoms with Crippen LogP contribution in [-0.2, 0) is 0 Å². The number of aliphatic hydroxyl groups is 1. The monoisotopic (exact) mass is 270 g/mol. The minimum Gasteiger partial charge on any atom is -0.396 e. The summed E-state index contributed by atoms with van der Waals surface area (Å²) in [5.41, 5.74) is 1.35. The average molecular weight is 270 g/mol. The van der Waals surface area contributed by atoms with Crippen molar-refractivity contribution in [2.75, 3.05) is 44.2 Å². The molecule has 0 amide bonds. The van der Waals surface area contributed by atoms with Crippen molar-refractivity contribution in [2.24, 2.45) is 0 Å². The van der Waals surface area contributed by atoms with Crippen molar-refractivity contribution in [3.05, 3.63) is 42.5 Å². The molecule has 0 aliphatic carbocycles. The standard InChI is InChI=1S/C17H22N2O/c20-14-4-9-18-10-12-19(13-11-18)17-8-3-6-15-5-1-2-7-16(15)17/h1-3,5-8,20H,4,9-14H2. The molecule has 0 unspecified atom stereocenters. The van der Waals surface area contributed by atoms with Crippen molar-refractivity contribution in [1.29, 1.82) is 0 Å². The van der Waals surface area contributed by atoms with E-state index in [1.54, 1.807) is 0 Å². The Labute approximate surface area is 120 Å². The predicted octanol–water partition coefficient (Wildman–Crippen LogP) is 2.34. The Kier molecular flexibility index (Phi) is 4.19. The van der Waals surface area contributed by atoms with Gasteiger partial charge in [0.1, 0.15) is 0 Å². The lowest BCUT2D eigenvalue weighted by atomic mass is 10.1. The van der Waals surface area contributed by atoms with Crippen molar-refractivity contribution in [1.82, 2.24) is 4.90 Å². The lowest BCUT2D eigenvalue weighted by molar-refractivity contribution is 0.216. The van der Waals surface area contributed by atoms with Crippen LogP contribution in [0.15, 0.2) is 42.5 Å². The second-order valence-corrected chi connectivity index (χ2v) is 5.40. The van der Waals surface area contributed by atoms with Crippen LogP contribution in [0.4, 0.5) is 5.69 Å². The Morgan fingerprint density at radius 2 is 1.65 bits per heavy atom. The molecular weight excluding hydrogens is 248 g/mol. The molecule has 1 fully saturated rings. The number of anilines is 1. The Morgan fingerprint density at radius 3 is 2.45 bits per heavy atom. The van der Waals surface area contributed by atoms with Crippen LogP contribution in [-0.4, -0.2) is 49.3 Å². The molecule has 1 heterocycles. The van der Waals surface area contributed by atoms with Gasteiger partial charge in [0.25, 0.3) is 0 Å². The van der Waals surface area contributed by atoms with E-state index >= 15 is 0 Å². The number of benzene rings is 2. The van der Waals surface area contributed by atoms with Crippen LogP contribution in [0.1, 0.15) is 6.42 Å². The fourth-order valence-electron chi connectivity index (χ4n) is 2.99. The van der Waals surface area contributed by atoms with Gasteiger partial charge < -0.3 is 10.0 Å². The summed E-state index contributed by atoms with van der Waals surface area (Å²) in [6, 6.07) is 15.2. The quantitative estimate of drug-likeness (QED) is 0.924. The van der Waals surface area contributed by atoms with Gasteiger partial charge in [0.2, 0.25) is 0 Å². The summed E-state index contributed by atoms with van der Waals surface area (Å²) in [6.45, 7) is 5.62. The predicted molar refractivity (Wildman–Crippen MR) is 84.3 cm³/mol. The number of nitrogens with zero attached hydrogens (tertiary/aromatic N) is 2. The number of hydrogen-bond acceptors (Lipinski definition) is 3. The van der Waals surface area contributed by atoms with Crippen LogP contribution in [0.3, 0.4) is 0 Å². The van der Waals surface area contributed by atoms with Crippen molar-refractivity contribution in [3.63, 3.8) is 0 Å². The third-order valence-electron chi connectivity index (χ3n) is 4.11. The van der Waals surface area contributed by atoms with E-state index in [0.29, 0.717) is 6.61 Å². The van der Waals surface area contributed by atoms with Gasteiger partial charge in [-0.25, -0.2) is 0 Å². The third-order valence-corrected chi connectivity index (χ3v) is 4.11. The molecule has 0 saturated carbocycles. The molecule has 1 saturated heterocycles. The largest absolute Gasteiger partial charge is 0.396 e. The molecule has 1 aliphatic rings. The molecular formula is C17H22N2O. The van der Waals surface area contributed by atoms with Crippen LogP contribution in [0.5, 0.6) is 0 Å². The van der Waals surface area contributed by atoms with Crippen molar-refractivity contribution in [3.8, 4) is 0 Å². The van der Waals surface area contributed by atoms with Gasteiger partial charge >= 0.3 is 0 Å². The van der Waals surface area contributed by atoms with Gasteiger partial charge in [-0.15, -0.1) is 0 Å². The van der Waals surface area contributed by atoms with Crippen molar-refractivity contribution in [2.45, 2.75) is 6.42 Å². The minimum atomic E-state index is 0.295. The molecule has 0 aromatic heterocycles. The number of piperazine rings is 1. The summed E-state index contributed by atoms with van der Waals surface area (Å²) in [5, 5.41) is 11.6. The maximum atomic E-state index is 8.91. The van der Waals surface area contributed by atoms with Crippen LogP contribution in [0.2, 0.25) is 0 Å². The Hall–Kier alpha value is -1.58. The van der Waals surface area contributed by atoms with Gasteiger partial charge in [-0.2, -0.15) is 0 Å². The zero-order valence-corrected chi connectivity index (χ0v) is 11.8. The van der Waals surface area contributed by atoms with E-state index < -0.39 is 0 Å². The lowest BCUT2D eigenvalue weighted by Crippen LogP contribution is -2.46. The molecule has 0 radical (unpaired) electrons. The molecule has 106 valence electrons. The molecule has 3 heteroatoms. The summed E-state index contributed by atoms with van der Waals surface area (Å²) >= 11 is 0. The third kappa shape index (κ3) is 2.79. The summed E-state index contributed by atoms with van der Waals surface area (Å²) in [6.07, 6.45) is 0.883. The maximum Gasteiger partial charge on any atom is 0.0446 e. The van der Waals surface area contributed by atoms with Gasteiger partial charge in [-0.3, -0.25) is 4.90 Å². The topological polar surface area (TPSA) is 26.7 Å². The molecule has 1 N–H and O–H groups in total. The first-order valence-electron chi connectivity index (χ1n) is 7.44. The van der Waals surface area contributed by atoms with Gasteiger partial charge in [0, 0.05) is 50.4 Å². The van der Waals surface area contributed by atoms with Crippen LogP contribution >= 0.6 is 0 Å². The molecule has 2 aromatic rings. The molecule has 2 aromatic carbocycles. The molecule has 0 spiro atoms. The Bertz CT molecular complexity index is 556. The first kappa shape index (κ1) is 13.4. The van der Waals surface area contributed by atoms with Crippen molar-refractivity contribution >= 4 is 16.5 Å². The van der Waals surface area contributed by atoms with E-state index in [9.17, 15) is 0 Å². The van der Waals surface area contributed by atoms with Gasteiger partial charge in [0.05, 0.1) is 0 Å². The highest BCUT2D eigenvalue weighted by molar-refractivity contribution is 5.94. The highest BCUT2D eigenvalue weighted by Crippen LogP contribution is 2.27. The normalized spacial score (nSPS) is 16.8.